The quantitative estimate of drug-likeness (QED) is 0.407. The van der Waals surface area contributed by atoms with E-state index in [-0.39, 0.29) is 6.61 Å². The molecule has 0 spiro atoms. The fraction of sp³-hybridized carbons (Fsp3) is 0.214. The summed E-state index contributed by atoms with van der Waals surface area (Å²) in [6.45, 7) is 6.10. The minimum absolute atomic E-state index is 0.0123. The first-order chi connectivity index (χ1) is 8.69. The Morgan fingerprint density at radius 1 is 1.50 bits per heavy atom. The zero-order valence-corrected chi connectivity index (χ0v) is 10.6. The maximum Gasteiger partial charge on any atom is 0.127 e. The average molecular weight is 245 g/mol. The van der Waals surface area contributed by atoms with Crippen LogP contribution in [0.25, 0.3) is 0 Å². The second kappa shape index (κ2) is 7.29. The van der Waals surface area contributed by atoms with E-state index >= 15 is 0 Å². The van der Waals surface area contributed by atoms with E-state index in [9.17, 15) is 0 Å². The van der Waals surface area contributed by atoms with Gasteiger partial charge < -0.3 is 16.2 Å². The summed E-state index contributed by atoms with van der Waals surface area (Å²) in [6.07, 6.45) is 3.78. The number of nitrogens with zero attached hydrogens (tertiary/aromatic N) is 1. The van der Waals surface area contributed by atoms with Crippen LogP contribution < -0.4 is 11.1 Å². The van der Waals surface area contributed by atoms with E-state index in [1.54, 1.807) is 0 Å². The third kappa shape index (κ3) is 4.07. The van der Waals surface area contributed by atoms with Crippen LogP contribution in [-0.4, -0.2) is 24.1 Å². The molecule has 18 heavy (non-hydrogen) atoms. The van der Waals surface area contributed by atoms with E-state index < -0.39 is 0 Å². The first-order valence-electron chi connectivity index (χ1n) is 5.77. The highest BCUT2D eigenvalue weighted by molar-refractivity contribution is 6.02. The van der Waals surface area contributed by atoms with Crippen LogP contribution in [0.5, 0.6) is 0 Å². The number of aliphatic hydroxyl groups is 1. The summed E-state index contributed by atoms with van der Waals surface area (Å²) in [5.74, 6) is 0.403. The van der Waals surface area contributed by atoms with Crippen molar-refractivity contribution in [3.63, 3.8) is 0 Å². The molecule has 0 aliphatic carbocycles. The number of anilines is 1. The van der Waals surface area contributed by atoms with Gasteiger partial charge in [-0.2, -0.15) is 0 Å². The molecule has 0 atom stereocenters. The third-order valence-corrected chi connectivity index (χ3v) is 2.25. The summed E-state index contributed by atoms with van der Waals surface area (Å²) in [7, 11) is 0. The summed E-state index contributed by atoms with van der Waals surface area (Å²) in [5.41, 5.74) is 8.31. The van der Waals surface area contributed by atoms with Crippen molar-refractivity contribution in [2.24, 2.45) is 10.7 Å². The summed E-state index contributed by atoms with van der Waals surface area (Å²) in [4.78, 5) is 4.08. The highest BCUT2D eigenvalue weighted by Gasteiger charge is 2.05. The summed E-state index contributed by atoms with van der Waals surface area (Å²) < 4.78 is 0. The van der Waals surface area contributed by atoms with Gasteiger partial charge in [-0.15, -0.1) is 0 Å². The maximum atomic E-state index is 8.75. The standard InChI is InChI=1S/C14H19N3O/c1-3-6-11(2)17-13-8-5-4-7-12(13)14(15)16-9-10-18/h3-8,17-18H,2,9-10H2,1H3,(H2,15,16)/b6-3+. The molecule has 4 N–H and O–H groups in total. The molecule has 0 heterocycles. The van der Waals surface area contributed by atoms with E-state index in [4.69, 9.17) is 10.8 Å². The van der Waals surface area contributed by atoms with Crippen molar-refractivity contribution in [2.75, 3.05) is 18.5 Å². The van der Waals surface area contributed by atoms with Crippen molar-refractivity contribution in [2.45, 2.75) is 6.92 Å². The number of benzene rings is 1. The minimum Gasteiger partial charge on any atom is -0.394 e. The molecule has 0 fully saturated rings. The van der Waals surface area contributed by atoms with Crippen LogP contribution in [0, 0.1) is 0 Å². The van der Waals surface area contributed by atoms with Gasteiger partial charge in [-0.25, -0.2) is 0 Å². The molecule has 4 heteroatoms. The van der Waals surface area contributed by atoms with E-state index in [1.165, 1.54) is 0 Å². The second-order valence-electron chi connectivity index (χ2n) is 3.69. The largest absolute Gasteiger partial charge is 0.394 e. The number of aliphatic hydroxyl groups excluding tert-OH is 1. The molecule has 1 aromatic rings. The second-order valence-corrected chi connectivity index (χ2v) is 3.69. The van der Waals surface area contributed by atoms with Crippen molar-refractivity contribution in [3.8, 4) is 0 Å². The lowest BCUT2D eigenvalue weighted by Crippen LogP contribution is -2.16. The van der Waals surface area contributed by atoms with E-state index in [1.807, 2.05) is 43.3 Å². The Kier molecular flexibility index (Phi) is 5.67. The van der Waals surface area contributed by atoms with Gasteiger partial charge in [-0.1, -0.05) is 24.8 Å². The lowest BCUT2D eigenvalue weighted by molar-refractivity contribution is 0.307. The molecule has 96 valence electrons. The first kappa shape index (κ1) is 14.0. The Bertz CT molecular complexity index is 464. The molecule has 4 nitrogen and oxygen atoms in total. The van der Waals surface area contributed by atoms with Crippen LogP contribution in [0.3, 0.4) is 0 Å². The molecule has 1 rings (SSSR count). The zero-order valence-electron chi connectivity index (χ0n) is 10.6. The van der Waals surface area contributed by atoms with Crippen molar-refractivity contribution >= 4 is 11.5 Å². The number of aliphatic imine (C=N–C) groups is 1. The number of amidine groups is 1. The molecule has 0 bridgehead atoms. The van der Waals surface area contributed by atoms with Crippen LogP contribution >= 0.6 is 0 Å². The Balaban J connectivity index is 2.95. The molecule has 0 aliphatic heterocycles. The van der Waals surface area contributed by atoms with Crippen LogP contribution in [-0.2, 0) is 0 Å². The number of hydrogen-bond acceptors (Lipinski definition) is 3. The number of nitrogens with two attached hydrogens (primary N) is 1. The topological polar surface area (TPSA) is 70.6 Å². The number of nitrogens with one attached hydrogen (secondary N) is 1. The monoisotopic (exact) mass is 245 g/mol. The SMILES string of the molecule is C=C(/C=C/C)Nc1ccccc1C(N)=NCCO. The fourth-order valence-corrected chi connectivity index (χ4v) is 1.49. The van der Waals surface area contributed by atoms with Crippen molar-refractivity contribution < 1.29 is 5.11 Å². The van der Waals surface area contributed by atoms with Gasteiger partial charge in [0.15, 0.2) is 0 Å². The summed E-state index contributed by atoms with van der Waals surface area (Å²) in [5, 5.41) is 11.9. The number of hydrogen-bond donors (Lipinski definition) is 3. The van der Waals surface area contributed by atoms with Crippen LogP contribution in [0.4, 0.5) is 5.69 Å². The van der Waals surface area contributed by atoms with Crippen LogP contribution in [0.1, 0.15) is 12.5 Å². The maximum absolute atomic E-state index is 8.75. The van der Waals surface area contributed by atoms with Crippen molar-refractivity contribution in [3.05, 3.63) is 54.3 Å². The highest BCUT2D eigenvalue weighted by atomic mass is 16.3. The Hall–Kier alpha value is -2.07. The molecule has 0 unspecified atom stereocenters. The van der Waals surface area contributed by atoms with Gasteiger partial charge in [-0.3, -0.25) is 4.99 Å². The molecular weight excluding hydrogens is 226 g/mol. The average Bonchev–Trinajstić information content (AvgIpc) is 2.37. The third-order valence-electron chi connectivity index (χ3n) is 2.25. The lowest BCUT2D eigenvalue weighted by atomic mass is 10.1. The molecule has 0 aliphatic rings. The molecule has 0 aromatic heterocycles. The van der Waals surface area contributed by atoms with Gasteiger partial charge >= 0.3 is 0 Å². The predicted octanol–water partition coefficient (Wildman–Crippen LogP) is 1.89. The number of para-hydroxylation sites is 1. The summed E-state index contributed by atoms with van der Waals surface area (Å²) >= 11 is 0. The molecule has 0 saturated carbocycles. The van der Waals surface area contributed by atoms with Gasteiger partial charge in [0.05, 0.1) is 13.2 Å². The fourth-order valence-electron chi connectivity index (χ4n) is 1.49. The van der Waals surface area contributed by atoms with Crippen LogP contribution in [0.2, 0.25) is 0 Å². The van der Waals surface area contributed by atoms with Gasteiger partial charge in [-0.05, 0) is 25.1 Å². The Morgan fingerprint density at radius 2 is 2.22 bits per heavy atom. The van der Waals surface area contributed by atoms with E-state index in [0.29, 0.717) is 12.4 Å². The smallest absolute Gasteiger partial charge is 0.127 e. The molecule has 0 radical (unpaired) electrons. The Morgan fingerprint density at radius 3 is 2.89 bits per heavy atom. The van der Waals surface area contributed by atoms with Gasteiger partial charge in [0.1, 0.15) is 5.84 Å². The highest BCUT2D eigenvalue weighted by Crippen LogP contribution is 2.16. The number of allylic oxidation sites excluding steroid dienone is 2. The predicted molar refractivity (Wildman–Crippen MR) is 76.7 cm³/mol. The van der Waals surface area contributed by atoms with Gasteiger partial charge in [0.2, 0.25) is 0 Å². The van der Waals surface area contributed by atoms with E-state index in [0.717, 1.165) is 16.9 Å². The lowest BCUT2D eigenvalue weighted by Gasteiger charge is -2.11. The van der Waals surface area contributed by atoms with Crippen LogP contribution in [0.15, 0.2) is 53.7 Å². The zero-order chi connectivity index (χ0) is 13.4. The molecule has 0 amide bonds. The van der Waals surface area contributed by atoms with Gasteiger partial charge in [0.25, 0.3) is 0 Å². The van der Waals surface area contributed by atoms with Gasteiger partial charge in [0, 0.05) is 16.9 Å². The number of rotatable bonds is 6. The van der Waals surface area contributed by atoms with E-state index in [2.05, 4.69) is 16.9 Å². The van der Waals surface area contributed by atoms with Crippen molar-refractivity contribution in [1.29, 1.82) is 0 Å². The first-order valence-corrected chi connectivity index (χ1v) is 5.77. The molecule has 1 aromatic carbocycles. The molecule has 0 saturated heterocycles. The summed E-state index contributed by atoms with van der Waals surface area (Å²) in [6, 6.07) is 7.58. The van der Waals surface area contributed by atoms with Crippen molar-refractivity contribution in [1.82, 2.24) is 0 Å². The normalized spacial score (nSPS) is 11.8. The Labute approximate surface area is 108 Å². The molecular formula is C14H19N3O. The minimum atomic E-state index is -0.0123.